The Kier molecular flexibility index (Phi) is 3.21. The first-order valence-corrected chi connectivity index (χ1v) is 6.15. The second-order valence-electron chi connectivity index (χ2n) is 4.32. The number of hydrogen-bond donors (Lipinski definition) is 1. The molecule has 3 nitrogen and oxygen atoms in total. The van der Waals surface area contributed by atoms with Crippen molar-refractivity contribution in [1.29, 1.82) is 0 Å². The average molecular weight is 254 g/mol. The zero-order chi connectivity index (χ0) is 13.1. The van der Waals surface area contributed by atoms with Gasteiger partial charge in [0.15, 0.2) is 0 Å². The third kappa shape index (κ3) is 2.20. The molecule has 0 atom stereocenters. The van der Waals surface area contributed by atoms with Crippen LogP contribution in [0.5, 0.6) is 0 Å². The molecule has 0 unspecified atom stereocenters. The zero-order valence-electron chi connectivity index (χ0n) is 10.3. The van der Waals surface area contributed by atoms with Gasteiger partial charge in [0, 0.05) is 0 Å². The number of furan rings is 2. The second kappa shape index (κ2) is 5.16. The molecule has 19 heavy (non-hydrogen) atoms. The highest BCUT2D eigenvalue weighted by Gasteiger charge is 2.23. The van der Waals surface area contributed by atoms with Crippen LogP contribution >= 0.6 is 0 Å². The van der Waals surface area contributed by atoms with E-state index >= 15 is 0 Å². The maximum Gasteiger partial charge on any atom is 0.118 e. The summed E-state index contributed by atoms with van der Waals surface area (Å²) in [6.07, 6.45) is 3.29. The van der Waals surface area contributed by atoms with Crippen molar-refractivity contribution < 1.29 is 13.9 Å². The van der Waals surface area contributed by atoms with E-state index in [1.165, 1.54) is 0 Å². The number of hydrogen-bond acceptors (Lipinski definition) is 3. The van der Waals surface area contributed by atoms with Gasteiger partial charge in [0.25, 0.3) is 0 Å². The summed E-state index contributed by atoms with van der Waals surface area (Å²) in [6.45, 7) is -0.00586. The van der Waals surface area contributed by atoms with Gasteiger partial charge in [0.2, 0.25) is 0 Å². The number of aliphatic hydroxyl groups excluding tert-OH is 1. The smallest absolute Gasteiger partial charge is 0.118 e. The first-order valence-electron chi connectivity index (χ1n) is 6.15. The van der Waals surface area contributed by atoms with Crippen molar-refractivity contribution in [3.8, 4) is 0 Å². The Morgan fingerprint density at radius 3 is 2.00 bits per heavy atom. The van der Waals surface area contributed by atoms with Crippen LogP contribution in [0.2, 0.25) is 0 Å². The lowest BCUT2D eigenvalue weighted by atomic mass is 9.90. The molecule has 0 saturated heterocycles. The molecular weight excluding hydrogens is 240 g/mol. The minimum Gasteiger partial charge on any atom is -0.468 e. The van der Waals surface area contributed by atoms with E-state index in [-0.39, 0.29) is 12.5 Å². The quantitative estimate of drug-likeness (QED) is 0.774. The van der Waals surface area contributed by atoms with Crippen molar-refractivity contribution in [2.75, 3.05) is 0 Å². The van der Waals surface area contributed by atoms with Crippen molar-refractivity contribution >= 4 is 0 Å². The third-order valence-electron chi connectivity index (χ3n) is 3.19. The summed E-state index contributed by atoms with van der Waals surface area (Å²) in [5.74, 6) is 1.47. The maximum atomic E-state index is 9.50. The van der Waals surface area contributed by atoms with E-state index in [9.17, 15) is 5.11 Å². The Hall–Kier alpha value is -2.26. The van der Waals surface area contributed by atoms with Crippen molar-refractivity contribution in [3.05, 3.63) is 83.7 Å². The van der Waals surface area contributed by atoms with Crippen molar-refractivity contribution in [3.63, 3.8) is 0 Å². The van der Waals surface area contributed by atoms with Crippen LogP contribution in [-0.2, 0) is 6.61 Å². The Morgan fingerprint density at radius 2 is 1.47 bits per heavy atom. The summed E-state index contributed by atoms with van der Waals surface area (Å²) in [7, 11) is 0. The Bertz CT molecular complexity index is 590. The first-order chi connectivity index (χ1) is 9.40. The minimum atomic E-state index is -0.131. The van der Waals surface area contributed by atoms with Gasteiger partial charge in [-0.3, -0.25) is 0 Å². The van der Waals surface area contributed by atoms with Gasteiger partial charge in [-0.2, -0.15) is 0 Å². The van der Waals surface area contributed by atoms with Crippen LogP contribution < -0.4 is 0 Å². The molecule has 96 valence electrons. The largest absolute Gasteiger partial charge is 0.468 e. The fourth-order valence-corrected chi connectivity index (χ4v) is 2.32. The molecule has 1 aromatic carbocycles. The van der Waals surface area contributed by atoms with Gasteiger partial charge in [0.1, 0.15) is 17.4 Å². The molecule has 0 aliphatic rings. The molecule has 3 rings (SSSR count). The third-order valence-corrected chi connectivity index (χ3v) is 3.19. The fraction of sp³-hybridized carbons (Fsp3) is 0.125. The molecular formula is C16H14O3. The molecule has 1 N–H and O–H groups in total. The highest BCUT2D eigenvalue weighted by atomic mass is 16.3. The Labute approximate surface area is 111 Å². The molecule has 0 fully saturated rings. The van der Waals surface area contributed by atoms with Gasteiger partial charge in [-0.05, 0) is 35.4 Å². The zero-order valence-corrected chi connectivity index (χ0v) is 10.3. The fourth-order valence-electron chi connectivity index (χ4n) is 2.32. The van der Waals surface area contributed by atoms with Crippen LogP contribution in [0.15, 0.2) is 69.9 Å². The monoisotopic (exact) mass is 254 g/mol. The van der Waals surface area contributed by atoms with Gasteiger partial charge in [0.05, 0.1) is 19.1 Å². The van der Waals surface area contributed by atoms with Gasteiger partial charge >= 0.3 is 0 Å². The van der Waals surface area contributed by atoms with E-state index in [0.717, 1.165) is 22.6 Å². The summed E-state index contributed by atoms with van der Waals surface area (Å²) in [4.78, 5) is 0. The van der Waals surface area contributed by atoms with E-state index in [1.807, 2.05) is 48.5 Å². The second-order valence-corrected chi connectivity index (χ2v) is 4.32. The van der Waals surface area contributed by atoms with Crippen LogP contribution in [0.25, 0.3) is 0 Å². The minimum absolute atomic E-state index is 0.00586. The van der Waals surface area contributed by atoms with Crippen molar-refractivity contribution in [2.45, 2.75) is 12.5 Å². The van der Waals surface area contributed by atoms with E-state index in [4.69, 9.17) is 8.83 Å². The molecule has 2 heterocycles. The predicted octanol–water partition coefficient (Wildman–Crippen LogP) is 3.55. The van der Waals surface area contributed by atoms with Crippen LogP contribution in [-0.4, -0.2) is 5.11 Å². The van der Waals surface area contributed by atoms with Gasteiger partial charge in [-0.1, -0.05) is 24.3 Å². The highest BCUT2D eigenvalue weighted by Crippen LogP contribution is 2.34. The Balaban J connectivity index is 2.15. The van der Waals surface area contributed by atoms with Crippen molar-refractivity contribution in [2.24, 2.45) is 0 Å². The number of rotatable bonds is 4. The number of aliphatic hydroxyl groups is 1. The van der Waals surface area contributed by atoms with Crippen LogP contribution in [0.3, 0.4) is 0 Å². The lowest BCUT2D eigenvalue weighted by molar-refractivity contribution is 0.280. The highest BCUT2D eigenvalue weighted by molar-refractivity contribution is 5.40. The molecule has 0 amide bonds. The normalized spacial score (nSPS) is 11.1. The molecule has 0 aliphatic carbocycles. The first kappa shape index (κ1) is 11.8. The van der Waals surface area contributed by atoms with E-state index in [0.29, 0.717) is 0 Å². The SMILES string of the molecule is OCc1ccccc1C(c1ccco1)c1ccco1. The lowest BCUT2D eigenvalue weighted by Gasteiger charge is -2.16. The molecule has 3 heteroatoms. The number of benzene rings is 1. The predicted molar refractivity (Wildman–Crippen MR) is 70.7 cm³/mol. The summed E-state index contributed by atoms with van der Waals surface area (Å²) in [6, 6.07) is 15.3. The molecule has 0 aliphatic heterocycles. The summed E-state index contributed by atoms with van der Waals surface area (Å²) in [5, 5.41) is 9.50. The van der Waals surface area contributed by atoms with E-state index in [2.05, 4.69) is 0 Å². The van der Waals surface area contributed by atoms with E-state index in [1.54, 1.807) is 12.5 Å². The van der Waals surface area contributed by atoms with Gasteiger partial charge in [-0.15, -0.1) is 0 Å². The van der Waals surface area contributed by atoms with Gasteiger partial charge < -0.3 is 13.9 Å². The molecule has 2 aromatic heterocycles. The molecule has 0 spiro atoms. The van der Waals surface area contributed by atoms with Crippen LogP contribution in [0, 0.1) is 0 Å². The lowest BCUT2D eigenvalue weighted by Crippen LogP contribution is -2.05. The summed E-state index contributed by atoms with van der Waals surface area (Å²) in [5.41, 5.74) is 1.87. The van der Waals surface area contributed by atoms with Crippen LogP contribution in [0.1, 0.15) is 28.6 Å². The summed E-state index contributed by atoms with van der Waals surface area (Å²) < 4.78 is 11.1. The Morgan fingerprint density at radius 1 is 0.842 bits per heavy atom. The van der Waals surface area contributed by atoms with Crippen molar-refractivity contribution in [1.82, 2.24) is 0 Å². The molecule has 0 saturated carbocycles. The topological polar surface area (TPSA) is 46.5 Å². The van der Waals surface area contributed by atoms with Crippen LogP contribution in [0.4, 0.5) is 0 Å². The summed E-state index contributed by atoms with van der Waals surface area (Å²) >= 11 is 0. The van der Waals surface area contributed by atoms with E-state index < -0.39 is 0 Å². The standard InChI is InChI=1S/C16H14O3/c17-11-12-5-1-2-6-13(12)16(14-7-3-9-18-14)15-8-4-10-19-15/h1-10,16-17H,11H2. The maximum absolute atomic E-state index is 9.50. The van der Waals surface area contributed by atoms with Gasteiger partial charge in [-0.25, -0.2) is 0 Å². The molecule has 0 bridgehead atoms. The molecule has 0 radical (unpaired) electrons. The average Bonchev–Trinajstić information content (AvgIpc) is 3.13. The molecule has 3 aromatic rings.